The third-order valence-corrected chi connectivity index (χ3v) is 3.31. The molecule has 7 heteroatoms. The smallest absolute Gasteiger partial charge is 0.272 e. The van der Waals surface area contributed by atoms with Gasteiger partial charge in [-0.15, -0.1) is 0 Å². The van der Waals surface area contributed by atoms with Crippen LogP contribution in [0.2, 0.25) is 0 Å². The molecule has 23 heavy (non-hydrogen) atoms. The van der Waals surface area contributed by atoms with Crippen molar-refractivity contribution in [3.63, 3.8) is 0 Å². The van der Waals surface area contributed by atoms with E-state index in [4.69, 9.17) is 9.47 Å². The lowest BCUT2D eigenvalue weighted by Crippen LogP contribution is -2.13. The minimum absolute atomic E-state index is 0.0245. The predicted molar refractivity (Wildman–Crippen MR) is 85.3 cm³/mol. The Morgan fingerprint density at radius 3 is 2.43 bits per heavy atom. The van der Waals surface area contributed by atoms with E-state index in [0.717, 1.165) is 0 Å². The molecule has 0 aliphatic rings. The van der Waals surface area contributed by atoms with Crippen LogP contribution in [0.5, 0.6) is 11.5 Å². The zero-order valence-electron chi connectivity index (χ0n) is 13.0. The van der Waals surface area contributed by atoms with E-state index >= 15 is 0 Å². The van der Waals surface area contributed by atoms with Crippen LogP contribution in [0.3, 0.4) is 0 Å². The van der Waals surface area contributed by atoms with Gasteiger partial charge in [0, 0.05) is 23.3 Å². The molecule has 0 aromatic heterocycles. The molecule has 0 unspecified atom stereocenters. The molecule has 0 saturated heterocycles. The summed E-state index contributed by atoms with van der Waals surface area (Å²) in [5.41, 5.74) is 1.20. The molecule has 0 fully saturated rings. The van der Waals surface area contributed by atoms with Crippen LogP contribution in [0.25, 0.3) is 0 Å². The van der Waals surface area contributed by atoms with Crippen LogP contribution in [0, 0.1) is 17.0 Å². The summed E-state index contributed by atoms with van der Waals surface area (Å²) in [6, 6.07) is 9.21. The number of nitro benzene ring substituents is 1. The van der Waals surface area contributed by atoms with E-state index in [-0.39, 0.29) is 11.6 Å². The maximum Gasteiger partial charge on any atom is 0.272 e. The molecule has 0 spiro atoms. The average molecular weight is 316 g/mol. The van der Waals surface area contributed by atoms with Crippen LogP contribution >= 0.6 is 0 Å². The molecule has 2 rings (SSSR count). The highest BCUT2D eigenvalue weighted by Gasteiger charge is 2.15. The van der Waals surface area contributed by atoms with Gasteiger partial charge in [0.1, 0.15) is 11.5 Å². The molecule has 0 heterocycles. The summed E-state index contributed by atoms with van der Waals surface area (Å²) in [6.07, 6.45) is 0. The molecule has 0 radical (unpaired) electrons. The number of benzene rings is 2. The quantitative estimate of drug-likeness (QED) is 0.676. The predicted octanol–water partition coefficient (Wildman–Crippen LogP) is 3.17. The number of ether oxygens (including phenoxy) is 2. The number of aryl methyl sites for hydroxylation is 1. The normalized spacial score (nSPS) is 10.0. The van der Waals surface area contributed by atoms with Gasteiger partial charge in [0.15, 0.2) is 0 Å². The molecule has 0 aliphatic carbocycles. The third-order valence-electron chi connectivity index (χ3n) is 3.31. The van der Waals surface area contributed by atoms with Crippen molar-refractivity contribution in [1.29, 1.82) is 0 Å². The summed E-state index contributed by atoms with van der Waals surface area (Å²) >= 11 is 0. The van der Waals surface area contributed by atoms with E-state index in [1.54, 1.807) is 25.1 Å². The monoisotopic (exact) mass is 316 g/mol. The Bertz CT molecular complexity index is 758. The lowest BCUT2D eigenvalue weighted by atomic mass is 10.1. The number of nitrogens with zero attached hydrogens (tertiary/aromatic N) is 1. The molecule has 1 amide bonds. The van der Waals surface area contributed by atoms with Crippen molar-refractivity contribution < 1.29 is 19.2 Å². The number of hydrogen-bond donors (Lipinski definition) is 1. The summed E-state index contributed by atoms with van der Waals surface area (Å²) in [6.45, 7) is 1.59. The lowest BCUT2D eigenvalue weighted by molar-refractivity contribution is -0.385. The number of carbonyl (C=O) groups excluding carboxylic acids is 1. The Labute approximate surface area is 133 Å². The van der Waals surface area contributed by atoms with E-state index in [1.807, 2.05) is 0 Å². The molecule has 120 valence electrons. The Kier molecular flexibility index (Phi) is 4.80. The number of amides is 1. The van der Waals surface area contributed by atoms with Crippen LogP contribution in [-0.4, -0.2) is 25.1 Å². The van der Waals surface area contributed by atoms with E-state index in [1.165, 1.54) is 32.4 Å². The number of rotatable bonds is 5. The summed E-state index contributed by atoms with van der Waals surface area (Å²) < 4.78 is 10.3. The van der Waals surface area contributed by atoms with Gasteiger partial charge in [-0.05, 0) is 31.2 Å². The van der Waals surface area contributed by atoms with E-state index < -0.39 is 4.92 Å². The standard InChI is InChI=1S/C16H16N2O5/c1-10-8-11(4-7-14(10)18(20)21)16(19)17-13-6-5-12(22-2)9-15(13)23-3/h4-9H,1-3H3,(H,17,19). The van der Waals surface area contributed by atoms with Crippen LogP contribution < -0.4 is 14.8 Å². The van der Waals surface area contributed by atoms with Crippen LogP contribution in [0.15, 0.2) is 36.4 Å². The molecule has 0 bridgehead atoms. The summed E-state index contributed by atoms with van der Waals surface area (Å²) in [5.74, 6) is 0.675. The average Bonchev–Trinajstić information content (AvgIpc) is 2.54. The van der Waals surface area contributed by atoms with E-state index in [9.17, 15) is 14.9 Å². The van der Waals surface area contributed by atoms with Crippen LogP contribution in [-0.2, 0) is 0 Å². The first-order chi connectivity index (χ1) is 11.0. The Morgan fingerprint density at radius 1 is 1.13 bits per heavy atom. The number of nitro groups is 1. The van der Waals surface area contributed by atoms with Gasteiger partial charge in [0.25, 0.3) is 11.6 Å². The fraction of sp³-hybridized carbons (Fsp3) is 0.188. The minimum atomic E-state index is -0.483. The van der Waals surface area contributed by atoms with Crippen LogP contribution in [0.4, 0.5) is 11.4 Å². The second-order valence-electron chi connectivity index (χ2n) is 4.78. The fourth-order valence-electron chi connectivity index (χ4n) is 2.10. The highest BCUT2D eigenvalue weighted by atomic mass is 16.6. The molecule has 0 atom stereocenters. The number of hydrogen-bond acceptors (Lipinski definition) is 5. The second-order valence-corrected chi connectivity index (χ2v) is 4.78. The summed E-state index contributed by atoms with van der Waals surface area (Å²) in [5, 5.41) is 13.5. The van der Waals surface area contributed by atoms with Gasteiger partial charge in [-0.25, -0.2) is 0 Å². The number of carbonyl (C=O) groups is 1. The molecule has 0 aliphatic heterocycles. The SMILES string of the molecule is COc1ccc(NC(=O)c2ccc([N+](=O)[O-])c(C)c2)c(OC)c1. The van der Waals surface area contributed by atoms with E-state index in [0.29, 0.717) is 28.3 Å². The highest BCUT2D eigenvalue weighted by molar-refractivity contribution is 6.05. The zero-order valence-corrected chi connectivity index (χ0v) is 13.0. The van der Waals surface area contributed by atoms with Gasteiger partial charge < -0.3 is 14.8 Å². The summed E-state index contributed by atoms with van der Waals surface area (Å²) in [4.78, 5) is 22.6. The lowest BCUT2D eigenvalue weighted by Gasteiger charge is -2.12. The van der Waals surface area contributed by atoms with Gasteiger partial charge in [-0.2, -0.15) is 0 Å². The van der Waals surface area contributed by atoms with Gasteiger partial charge >= 0.3 is 0 Å². The van der Waals surface area contributed by atoms with Crippen molar-refractivity contribution in [3.05, 3.63) is 57.6 Å². The molecule has 2 aromatic carbocycles. The van der Waals surface area contributed by atoms with Crippen molar-refractivity contribution >= 4 is 17.3 Å². The van der Waals surface area contributed by atoms with Gasteiger partial charge in [-0.1, -0.05) is 0 Å². The number of anilines is 1. The van der Waals surface area contributed by atoms with Crippen molar-refractivity contribution in [2.75, 3.05) is 19.5 Å². The largest absolute Gasteiger partial charge is 0.497 e. The molecule has 1 N–H and O–H groups in total. The van der Waals surface area contributed by atoms with Gasteiger partial charge in [-0.3, -0.25) is 14.9 Å². The Hall–Kier alpha value is -3.09. The maximum absolute atomic E-state index is 12.3. The van der Waals surface area contributed by atoms with Crippen molar-refractivity contribution in [2.45, 2.75) is 6.92 Å². The Morgan fingerprint density at radius 2 is 1.87 bits per heavy atom. The molecule has 0 saturated carbocycles. The van der Waals surface area contributed by atoms with E-state index in [2.05, 4.69) is 5.32 Å². The fourth-order valence-corrected chi connectivity index (χ4v) is 2.10. The first-order valence-corrected chi connectivity index (χ1v) is 6.74. The minimum Gasteiger partial charge on any atom is -0.497 e. The van der Waals surface area contributed by atoms with Gasteiger partial charge in [0.2, 0.25) is 0 Å². The van der Waals surface area contributed by atoms with Gasteiger partial charge in [0.05, 0.1) is 24.8 Å². The number of nitrogens with one attached hydrogen (secondary N) is 1. The third kappa shape index (κ3) is 3.57. The molecule has 2 aromatic rings. The van der Waals surface area contributed by atoms with Crippen molar-refractivity contribution in [2.24, 2.45) is 0 Å². The van der Waals surface area contributed by atoms with Crippen molar-refractivity contribution in [3.8, 4) is 11.5 Å². The maximum atomic E-state index is 12.3. The second kappa shape index (κ2) is 6.78. The molecular weight excluding hydrogens is 300 g/mol. The first kappa shape index (κ1) is 16.3. The molecule has 7 nitrogen and oxygen atoms in total. The molecular formula is C16H16N2O5. The first-order valence-electron chi connectivity index (χ1n) is 6.74. The zero-order chi connectivity index (χ0) is 17.0. The topological polar surface area (TPSA) is 90.7 Å². The van der Waals surface area contributed by atoms with Crippen LogP contribution in [0.1, 0.15) is 15.9 Å². The highest BCUT2D eigenvalue weighted by Crippen LogP contribution is 2.29. The Balaban J connectivity index is 2.25. The summed E-state index contributed by atoms with van der Waals surface area (Å²) in [7, 11) is 3.02. The number of methoxy groups -OCH3 is 2. The van der Waals surface area contributed by atoms with Crippen molar-refractivity contribution in [1.82, 2.24) is 0 Å².